The molecule has 0 aliphatic heterocycles. The Kier molecular flexibility index (Phi) is 9.43. The van der Waals surface area contributed by atoms with Gasteiger partial charge in [-0.1, -0.05) is 188 Å². The molecule has 0 fully saturated rings. The number of hydrogen-bond acceptors (Lipinski definition) is 2. The third-order valence-electron chi connectivity index (χ3n) is 11.4. The molecule has 1 atom stereocenters. The van der Waals surface area contributed by atoms with E-state index in [0.717, 1.165) is 23.5 Å². The van der Waals surface area contributed by atoms with E-state index in [1.165, 1.54) is 66.3 Å². The largest absolute Gasteiger partial charge is 0.334 e. The lowest BCUT2D eigenvalue weighted by Crippen LogP contribution is -2.30. The number of rotatable bonds is 9. The molecular formula is C56H42N2. The van der Waals surface area contributed by atoms with Crippen molar-refractivity contribution >= 4 is 55.6 Å². The van der Waals surface area contributed by atoms with Crippen LogP contribution in [0.1, 0.15) is 12.0 Å². The molecule has 2 nitrogen and oxygen atoms in total. The van der Waals surface area contributed by atoms with Gasteiger partial charge in [-0.2, -0.15) is 0 Å². The van der Waals surface area contributed by atoms with Crippen LogP contribution in [0.2, 0.25) is 0 Å². The summed E-state index contributed by atoms with van der Waals surface area (Å²) in [6, 6.07) is 79.0. The van der Waals surface area contributed by atoms with Gasteiger partial charge in [0.15, 0.2) is 0 Å². The normalized spacial score (nSPS) is 13.7. The topological polar surface area (TPSA) is 6.48 Å². The van der Waals surface area contributed by atoms with Crippen molar-refractivity contribution in [3.63, 3.8) is 0 Å². The van der Waals surface area contributed by atoms with Crippen molar-refractivity contribution in [2.45, 2.75) is 12.5 Å². The van der Waals surface area contributed by atoms with Gasteiger partial charge in [0.1, 0.15) is 0 Å². The van der Waals surface area contributed by atoms with Crippen LogP contribution in [0.15, 0.2) is 237 Å². The van der Waals surface area contributed by atoms with Gasteiger partial charge in [0.25, 0.3) is 0 Å². The van der Waals surface area contributed by atoms with Gasteiger partial charge < -0.3 is 9.80 Å². The quantitative estimate of drug-likeness (QED) is 0.145. The van der Waals surface area contributed by atoms with Crippen LogP contribution >= 0.6 is 0 Å². The van der Waals surface area contributed by atoms with E-state index in [4.69, 9.17) is 0 Å². The molecule has 0 amide bonds. The number of hydrogen-bond donors (Lipinski definition) is 0. The van der Waals surface area contributed by atoms with Gasteiger partial charge in [-0.05, 0) is 99.1 Å². The molecule has 9 aromatic rings. The maximum atomic E-state index is 2.51. The molecule has 1 aliphatic carbocycles. The average Bonchev–Trinajstić information content (AvgIpc) is 3.31. The van der Waals surface area contributed by atoms with Crippen LogP contribution in [0, 0.1) is 0 Å². The van der Waals surface area contributed by atoms with Crippen molar-refractivity contribution in [2.75, 3.05) is 9.80 Å². The standard InChI is InChI=1S/C56H42N2/c1-3-13-41(14-4-1)43-25-33-49(34-26-43)57(55-23-11-19-47-17-7-9-21-53(47)55)51-37-29-45(30-38-51)46-31-39-52(40-32-46)58(56-24-12-20-48-18-8-10-22-54(48)56)50-35-27-44(28-36-50)42-15-5-2-6-16-42/h1-35,37-40,50H,36H2. The minimum absolute atomic E-state index is 0.171. The molecule has 2 heteroatoms. The SMILES string of the molecule is C1=CC(N(c2ccc(-c3ccc(N(c4ccc(-c5ccccc5)cc4)c4cccc5ccccc45)cc3)cc2)c2cccc3ccccc23)CC=C1c1ccccc1. The Labute approximate surface area is 340 Å². The molecule has 0 N–H and O–H groups in total. The zero-order valence-corrected chi connectivity index (χ0v) is 32.2. The Morgan fingerprint density at radius 3 is 1.31 bits per heavy atom. The number of allylic oxidation sites excluding steroid dienone is 2. The fourth-order valence-corrected chi connectivity index (χ4v) is 8.45. The van der Waals surface area contributed by atoms with Gasteiger partial charge in [-0.15, -0.1) is 0 Å². The number of anilines is 5. The van der Waals surface area contributed by atoms with E-state index >= 15 is 0 Å². The van der Waals surface area contributed by atoms with Crippen molar-refractivity contribution in [3.8, 4) is 22.3 Å². The molecule has 276 valence electrons. The van der Waals surface area contributed by atoms with Gasteiger partial charge >= 0.3 is 0 Å². The van der Waals surface area contributed by atoms with Gasteiger partial charge in [0, 0.05) is 33.5 Å². The van der Waals surface area contributed by atoms with Crippen LogP contribution < -0.4 is 9.80 Å². The first kappa shape index (κ1) is 35.0. The van der Waals surface area contributed by atoms with Crippen molar-refractivity contribution in [2.24, 2.45) is 0 Å². The predicted molar refractivity (Wildman–Crippen MR) is 248 cm³/mol. The summed E-state index contributed by atoms with van der Waals surface area (Å²) >= 11 is 0. The summed E-state index contributed by atoms with van der Waals surface area (Å²) in [6.07, 6.45) is 7.95. The number of benzene rings is 9. The summed E-state index contributed by atoms with van der Waals surface area (Å²) in [5, 5.41) is 4.93. The number of fused-ring (bicyclic) bond motifs is 2. The fraction of sp³-hybridized carbons (Fsp3) is 0.0357. The molecule has 58 heavy (non-hydrogen) atoms. The first-order valence-corrected chi connectivity index (χ1v) is 20.1. The fourth-order valence-electron chi connectivity index (χ4n) is 8.45. The third-order valence-corrected chi connectivity index (χ3v) is 11.4. The van der Waals surface area contributed by atoms with Gasteiger partial charge in [0.05, 0.1) is 11.7 Å². The van der Waals surface area contributed by atoms with E-state index in [2.05, 4.69) is 246 Å². The maximum absolute atomic E-state index is 2.51. The molecule has 1 unspecified atom stereocenters. The van der Waals surface area contributed by atoms with Crippen molar-refractivity contribution in [1.29, 1.82) is 0 Å². The van der Waals surface area contributed by atoms with Crippen LogP contribution in [-0.4, -0.2) is 6.04 Å². The van der Waals surface area contributed by atoms with E-state index in [9.17, 15) is 0 Å². The maximum Gasteiger partial charge on any atom is 0.0560 e. The Morgan fingerprint density at radius 2 is 0.776 bits per heavy atom. The molecule has 9 aromatic carbocycles. The zero-order valence-electron chi connectivity index (χ0n) is 32.2. The zero-order chi connectivity index (χ0) is 38.7. The first-order valence-electron chi connectivity index (χ1n) is 20.1. The molecule has 0 bridgehead atoms. The molecule has 1 aliphatic rings. The molecule has 0 heterocycles. The Hall–Kier alpha value is -7.42. The van der Waals surface area contributed by atoms with Crippen LogP contribution in [0.4, 0.5) is 28.4 Å². The average molecular weight is 743 g/mol. The highest BCUT2D eigenvalue weighted by atomic mass is 15.2. The van der Waals surface area contributed by atoms with E-state index in [1.54, 1.807) is 0 Å². The first-order chi connectivity index (χ1) is 28.8. The smallest absolute Gasteiger partial charge is 0.0560 e. The van der Waals surface area contributed by atoms with Crippen LogP contribution in [0.25, 0.3) is 49.4 Å². The van der Waals surface area contributed by atoms with Gasteiger partial charge in [-0.3, -0.25) is 0 Å². The van der Waals surface area contributed by atoms with E-state index in [1.807, 2.05) is 0 Å². The van der Waals surface area contributed by atoms with Gasteiger partial charge in [-0.25, -0.2) is 0 Å². The second kappa shape index (κ2) is 15.6. The lowest BCUT2D eigenvalue weighted by molar-refractivity contribution is 0.789. The predicted octanol–water partition coefficient (Wildman–Crippen LogP) is 15.3. The summed E-state index contributed by atoms with van der Waals surface area (Å²) in [7, 11) is 0. The van der Waals surface area contributed by atoms with Gasteiger partial charge in [0.2, 0.25) is 0 Å². The summed E-state index contributed by atoms with van der Waals surface area (Å²) in [6.45, 7) is 0. The molecule has 10 rings (SSSR count). The molecule has 0 spiro atoms. The molecule has 0 aromatic heterocycles. The summed E-state index contributed by atoms with van der Waals surface area (Å²) in [4.78, 5) is 4.89. The van der Waals surface area contributed by atoms with Crippen molar-refractivity contribution in [1.82, 2.24) is 0 Å². The van der Waals surface area contributed by atoms with Crippen LogP contribution in [0.3, 0.4) is 0 Å². The number of nitrogens with zero attached hydrogens (tertiary/aromatic N) is 2. The lowest BCUT2D eigenvalue weighted by atomic mass is 9.95. The monoisotopic (exact) mass is 742 g/mol. The Morgan fingerprint density at radius 1 is 0.345 bits per heavy atom. The minimum Gasteiger partial charge on any atom is -0.334 e. The van der Waals surface area contributed by atoms with Crippen LogP contribution in [0.5, 0.6) is 0 Å². The van der Waals surface area contributed by atoms with E-state index in [0.29, 0.717) is 0 Å². The summed E-state index contributed by atoms with van der Waals surface area (Å²) in [5.41, 5.74) is 13.1. The summed E-state index contributed by atoms with van der Waals surface area (Å²) < 4.78 is 0. The Bertz CT molecular complexity index is 2880. The minimum atomic E-state index is 0.171. The van der Waals surface area contributed by atoms with Crippen molar-refractivity contribution < 1.29 is 0 Å². The second-order valence-electron chi connectivity index (χ2n) is 14.9. The molecule has 0 saturated heterocycles. The highest BCUT2D eigenvalue weighted by Gasteiger charge is 2.23. The second-order valence-corrected chi connectivity index (χ2v) is 14.9. The van der Waals surface area contributed by atoms with E-state index < -0.39 is 0 Å². The Balaban J connectivity index is 0.985. The molecular weight excluding hydrogens is 701 g/mol. The summed E-state index contributed by atoms with van der Waals surface area (Å²) in [5.74, 6) is 0. The highest BCUT2D eigenvalue weighted by Crippen LogP contribution is 2.41. The highest BCUT2D eigenvalue weighted by molar-refractivity contribution is 5.99. The third kappa shape index (κ3) is 6.86. The van der Waals surface area contributed by atoms with E-state index in [-0.39, 0.29) is 6.04 Å². The van der Waals surface area contributed by atoms with Crippen LogP contribution in [-0.2, 0) is 0 Å². The molecule has 0 saturated carbocycles. The lowest BCUT2D eigenvalue weighted by Gasteiger charge is -2.34. The molecule has 0 radical (unpaired) electrons. The van der Waals surface area contributed by atoms with Crippen molar-refractivity contribution in [3.05, 3.63) is 242 Å².